The summed E-state index contributed by atoms with van der Waals surface area (Å²) in [5.74, 6) is -0.491. The average Bonchev–Trinajstić information content (AvgIpc) is 3.70. The van der Waals surface area contributed by atoms with Crippen molar-refractivity contribution in [3.8, 4) is 0 Å². The SMILES string of the molecule is CCCCC/C=C\C/C=C\C/C=C\CCCCCCCCCCCCCCC(=O)OC(/C=C/CCCCCCCCCCCCC)C(COP(=O)(O)OCC[N+](C)(C)C)NC(=O)CCCCCCCCCCCCCCCCCCC/C=C\C/C=C\CCCCC. The van der Waals surface area contributed by atoms with Crippen molar-refractivity contribution in [1.82, 2.24) is 5.32 Å². The van der Waals surface area contributed by atoms with Crippen LogP contribution in [0.15, 0.2) is 72.9 Å². The van der Waals surface area contributed by atoms with E-state index in [2.05, 4.69) is 92.9 Å². The third-order valence-corrected chi connectivity index (χ3v) is 18.6. The van der Waals surface area contributed by atoms with E-state index >= 15 is 0 Å². The Hall–Kier alpha value is -2.55. The monoisotopic (exact) mass is 1300 g/mol. The van der Waals surface area contributed by atoms with Crippen molar-refractivity contribution in [2.24, 2.45) is 0 Å². The van der Waals surface area contributed by atoms with E-state index in [1.54, 1.807) is 0 Å². The molecule has 0 aromatic carbocycles. The van der Waals surface area contributed by atoms with Crippen molar-refractivity contribution in [2.75, 3.05) is 40.9 Å². The number of phosphoric ester groups is 1. The molecular formula is C81H152N2O7P+. The van der Waals surface area contributed by atoms with E-state index in [9.17, 15) is 19.0 Å². The third kappa shape index (κ3) is 71.6. The van der Waals surface area contributed by atoms with Crippen LogP contribution in [-0.4, -0.2) is 74.3 Å². The molecule has 9 nitrogen and oxygen atoms in total. The van der Waals surface area contributed by atoms with Gasteiger partial charge < -0.3 is 19.4 Å². The molecule has 0 fully saturated rings. The fourth-order valence-corrected chi connectivity index (χ4v) is 12.3. The fourth-order valence-electron chi connectivity index (χ4n) is 11.6. The maximum atomic E-state index is 13.7. The summed E-state index contributed by atoms with van der Waals surface area (Å²) in [6.45, 7) is 7.02. The first-order chi connectivity index (χ1) is 44.4. The van der Waals surface area contributed by atoms with Crippen LogP contribution in [0.2, 0.25) is 0 Å². The molecule has 1 amide bonds. The third-order valence-electron chi connectivity index (χ3n) is 17.6. The normalized spacial score (nSPS) is 13.8. The summed E-state index contributed by atoms with van der Waals surface area (Å²) in [6.07, 6.45) is 93.5. The van der Waals surface area contributed by atoms with E-state index in [1.165, 1.54) is 270 Å². The summed E-state index contributed by atoms with van der Waals surface area (Å²) in [7, 11) is 1.51. The lowest BCUT2D eigenvalue weighted by Gasteiger charge is -2.27. The Morgan fingerprint density at radius 1 is 0.385 bits per heavy atom. The minimum Gasteiger partial charge on any atom is -0.456 e. The van der Waals surface area contributed by atoms with E-state index in [4.69, 9.17) is 13.8 Å². The quantitative estimate of drug-likeness (QED) is 0.0205. The zero-order valence-electron chi connectivity index (χ0n) is 61.1. The summed E-state index contributed by atoms with van der Waals surface area (Å²) in [5.41, 5.74) is 0. The minimum absolute atomic E-state index is 0.0401. The lowest BCUT2D eigenvalue weighted by atomic mass is 10.0. The first kappa shape index (κ1) is 88.5. The van der Waals surface area contributed by atoms with Gasteiger partial charge in [-0.15, -0.1) is 0 Å². The highest BCUT2D eigenvalue weighted by atomic mass is 31.2. The number of nitrogens with one attached hydrogen (secondary N) is 1. The van der Waals surface area contributed by atoms with E-state index in [0.29, 0.717) is 17.4 Å². The summed E-state index contributed by atoms with van der Waals surface area (Å²) in [4.78, 5) is 38.0. The number of carbonyl (C=O) groups is 2. The van der Waals surface area contributed by atoms with Crippen molar-refractivity contribution in [3.05, 3.63) is 72.9 Å². The molecule has 0 spiro atoms. The van der Waals surface area contributed by atoms with Crippen LogP contribution in [0.5, 0.6) is 0 Å². The van der Waals surface area contributed by atoms with Gasteiger partial charge in [-0.25, -0.2) is 4.57 Å². The lowest BCUT2D eigenvalue weighted by molar-refractivity contribution is -0.870. The van der Waals surface area contributed by atoms with E-state index in [1.807, 2.05) is 27.2 Å². The topological polar surface area (TPSA) is 111 Å². The van der Waals surface area contributed by atoms with Gasteiger partial charge in [-0.05, 0) is 102 Å². The predicted molar refractivity (Wildman–Crippen MR) is 397 cm³/mol. The van der Waals surface area contributed by atoms with Crippen LogP contribution < -0.4 is 5.32 Å². The standard InChI is InChI=1S/C81H151N2O7P/c1-7-10-13-16-19-22-25-28-30-32-34-36-38-40-41-43-44-46-48-50-52-55-58-61-64-67-70-73-80(84)82-78(77-89-91(86,87)88-76-75-83(4,5)6)79(72-69-66-63-60-57-54-27-24-21-18-15-12-9-3)90-81(85)74-71-68-65-62-59-56-53-51-49-47-45-42-39-37-35-33-31-29-26-23-20-17-14-11-8-2/h19-20,22-23,28-31,35,37,69,72,78-79H,7-18,21,24-27,32-34,36,38-68,70-71,73-77H2,1-6H3,(H-,82,84,86,87)/p+1/b22-19-,23-20-,30-28-,31-29-,37-35-,72-69+. The molecule has 0 radical (unpaired) electrons. The van der Waals surface area contributed by atoms with Gasteiger partial charge in [0.2, 0.25) is 5.91 Å². The number of rotatable bonds is 72. The average molecular weight is 1300 g/mol. The number of amides is 1. The Balaban J connectivity index is 4.97. The number of phosphoric acid groups is 1. The molecule has 0 saturated carbocycles. The first-order valence-corrected chi connectivity index (χ1v) is 40.8. The van der Waals surface area contributed by atoms with E-state index in [0.717, 1.165) is 77.0 Å². The molecule has 0 aliphatic rings. The second kappa shape index (κ2) is 70.3. The molecule has 0 aliphatic heterocycles. The maximum Gasteiger partial charge on any atom is 0.472 e. The highest BCUT2D eigenvalue weighted by Crippen LogP contribution is 2.43. The van der Waals surface area contributed by atoms with Crippen LogP contribution >= 0.6 is 7.82 Å². The summed E-state index contributed by atoms with van der Waals surface area (Å²) >= 11 is 0. The van der Waals surface area contributed by atoms with Crippen LogP contribution in [0.25, 0.3) is 0 Å². The van der Waals surface area contributed by atoms with Crippen LogP contribution in [-0.2, 0) is 27.9 Å². The molecule has 10 heteroatoms. The summed E-state index contributed by atoms with van der Waals surface area (Å²) < 4.78 is 30.9. The molecule has 532 valence electrons. The van der Waals surface area contributed by atoms with Gasteiger partial charge in [0.25, 0.3) is 0 Å². The van der Waals surface area contributed by atoms with Crippen molar-refractivity contribution < 1.29 is 37.3 Å². The molecule has 2 N–H and O–H groups in total. The van der Waals surface area contributed by atoms with Gasteiger partial charge in [-0.3, -0.25) is 18.6 Å². The number of hydrogen-bond donors (Lipinski definition) is 2. The van der Waals surface area contributed by atoms with E-state index < -0.39 is 20.0 Å². The number of nitrogens with zero attached hydrogens (tertiary/aromatic N) is 1. The van der Waals surface area contributed by atoms with Crippen LogP contribution in [0.4, 0.5) is 0 Å². The lowest BCUT2D eigenvalue weighted by Crippen LogP contribution is -2.47. The predicted octanol–water partition coefficient (Wildman–Crippen LogP) is 25.5. The highest BCUT2D eigenvalue weighted by Gasteiger charge is 2.30. The van der Waals surface area contributed by atoms with E-state index in [-0.39, 0.29) is 31.5 Å². The molecule has 0 bridgehead atoms. The minimum atomic E-state index is -4.46. The van der Waals surface area contributed by atoms with Gasteiger partial charge in [0.05, 0.1) is 33.8 Å². The van der Waals surface area contributed by atoms with Crippen molar-refractivity contribution >= 4 is 19.7 Å². The Morgan fingerprint density at radius 2 is 0.670 bits per heavy atom. The van der Waals surface area contributed by atoms with Gasteiger partial charge in [0, 0.05) is 12.8 Å². The fraction of sp³-hybridized carbons (Fsp3) is 0.827. The number of ether oxygens (including phenoxy) is 1. The van der Waals surface area contributed by atoms with Gasteiger partial charge >= 0.3 is 13.8 Å². The Morgan fingerprint density at radius 3 is 1.02 bits per heavy atom. The molecule has 0 aromatic heterocycles. The molecule has 3 atom stereocenters. The number of likely N-dealkylation sites (N-methyl/N-ethyl adjacent to an activating group) is 1. The molecule has 0 saturated heterocycles. The largest absolute Gasteiger partial charge is 0.472 e. The zero-order chi connectivity index (χ0) is 66.3. The van der Waals surface area contributed by atoms with Gasteiger partial charge in [-0.1, -0.05) is 338 Å². The number of esters is 1. The summed E-state index contributed by atoms with van der Waals surface area (Å²) in [6, 6.07) is -0.852. The molecule has 3 unspecified atom stereocenters. The highest BCUT2D eigenvalue weighted by molar-refractivity contribution is 7.47. The Bertz CT molecular complexity index is 1780. The number of unbranched alkanes of at least 4 members (excludes halogenated alkanes) is 46. The number of quaternary nitrogens is 1. The molecule has 0 heterocycles. The Labute approximate surface area is 565 Å². The van der Waals surface area contributed by atoms with Crippen LogP contribution in [0.1, 0.15) is 380 Å². The zero-order valence-corrected chi connectivity index (χ0v) is 62.0. The molecule has 0 aromatic rings. The molecule has 0 aliphatic carbocycles. The van der Waals surface area contributed by atoms with Crippen molar-refractivity contribution in [2.45, 2.75) is 392 Å². The maximum absolute atomic E-state index is 13.7. The van der Waals surface area contributed by atoms with Gasteiger partial charge in [-0.2, -0.15) is 0 Å². The Kier molecular flexibility index (Phi) is 68.3. The number of allylic oxidation sites excluding steroid dienone is 11. The van der Waals surface area contributed by atoms with Gasteiger partial charge in [0.1, 0.15) is 19.3 Å². The number of carbonyl (C=O) groups excluding carboxylic acids is 2. The van der Waals surface area contributed by atoms with Crippen molar-refractivity contribution in [1.29, 1.82) is 0 Å². The summed E-state index contributed by atoms with van der Waals surface area (Å²) in [5, 5.41) is 3.09. The van der Waals surface area contributed by atoms with Crippen LogP contribution in [0.3, 0.4) is 0 Å². The second-order valence-electron chi connectivity index (χ2n) is 27.9. The molecular weight excluding hydrogens is 1140 g/mol. The van der Waals surface area contributed by atoms with Gasteiger partial charge in [0.15, 0.2) is 0 Å². The molecule has 0 rings (SSSR count). The smallest absolute Gasteiger partial charge is 0.456 e. The van der Waals surface area contributed by atoms with Crippen LogP contribution in [0, 0.1) is 0 Å². The number of hydrogen-bond acceptors (Lipinski definition) is 6. The first-order valence-electron chi connectivity index (χ1n) is 39.3. The second-order valence-corrected chi connectivity index (χ2v) is 29.3. The van der Waals surface area contributed by atoms with Crippen molar-refractivity contribution in [3.63, 3.8) is 0 Å². The molecule has 91 heavy (non-hydrogen) atoms.